The predicted octanol–water partition coefficient (Wildman–Crippen LogP) is 0.884. The van der Waals surface area contributed by atoms with E-state index in [0.717, 1.165) is 6.07 Å². The van der Waals surface area contributed by atoms with Crippen LogP contribution in [0, 0.1) is 22.9 Å². The van der Waals surface area contributed by atoms with E-state index in [1.165, 1.54) is 6.92 Å². The lowest BCUT2D eigenvalue weighted by Crippen LogP contribution is -2.30. The van der Waals surface area contributed by atoms with E-state index < -0.39 is 43.9 Å². The molecule has 0 fully saturated rings. The molecule has 0 aliphatic rings. The highest BCUT2D eigenvalue weighted by molar-refractivity contribution is 7.89. The number of carbonyl (C=O) groups excluding carboxylic acids is 1. The van der Waals surface area contributed by atoms with E-state index in [1.54, 1.807) is 6.92 Å². The zero-order valence-corrected chi connectivity index (χ0v) is 12.1. The second-order valence-electron chi connectivity index (χ2n) is 3.96. The van der Waals surface area contributed by atoms with Crippen molar-refractivity contribution in [2.75, 3.05) is 13.2 Å². The van der Waals surface area contributed by atoms with Gasteiger partial charge in [0.05, 0.1) is 16.4 Å². The number of carbonyl (C=O) groups is 1. The van der Waals surface area contributed by atoms with Crippen LogP contribution >= 0.6 is 0 Å². The van der Waals surface area contributed by atoms with E-state index in [0.29, 0.717) is 6.07 Å². The third-order valence-corrected chi connectivity index (χ3v) is 3.81. The molecule has 0 amide bonds. The summed E-state index contributed by atoms with van der Waals surface area (Å²) in [7, 11) is -4.19. The van der Waals surface area contributed by atoms with Gasteiger partial charge in [-0.15, -0.1) is 0 Å². The van der Waals surface area contributed by atoms with Crippen molar-refractivity contribution < 1.29 is 27.3 Å². The topological polar surface area (TPSA) is 116 Å². The molecule has 10 heteroatoms. The summed E-state index contributed by atoms with van der Waals surface area (Å²) in [5.74, 6) is -1.90. The van der Waals surface area contributed by atoms with Crippen LogP contribution in [-0.2, 0) is 19.6 Å². The van der Waals surface area contributed by atoms with Gasteiger partial charge in [0, 0.05) is 6.07 Å². The third-order valence-electron chi connectivity index (χ3n) is 2.43. The molecule has 1 rings (SSSR count). The number of ether oxygens (including phenoxy) is 1. The number of hydrogen-bond donors (Lipinski definition) is 1. The molecular formula is C11H13FN2O6S. The first kappa shape index (κ1) is 17.0. The van der Waals surface area contributed by atoms with Gasteiger partial charge in [-0.3, -0.25) is 14.9 Å². The van der Waals surface area contributed by atoms with Gasteiger partial charge in [-0.25, -0.2) is 8.42 Å². The SMILES string of the molecule is CCOC(=O)CNS(=O)(=O)c1cc(C)c(F)c([N+](=O)[O-])c1. The Morgan fingerprint density at radius 3 is 2.62 bits per heavy atom. The normalized spacial score (nSPS) is 11.2. The monoisotopic (exact) mass is 320 g/mol. The first-order valence-corrected chi connectivity index (χ1v) is 7.27. The Hall–Kier alpha value is -2.07. The van der Waals surface area contributed by atoms with Crippen molar-refractivity contribution in [1.82, 2.24) is 4.72 Å². The Bertz CT molecular complexity index is 674. The number of nitrogens with zero attached hydrogens (tertiary/aromatic N) is 1. The summed E-state index contributed by atoms with van der Waals surface area (Å²) in [6.45, 7) is 2.22. The Kier molecular flexibility index (Phi) is 5.33. The van der Waals surface area contributed by atoms with Gasteiger partial charge < -0.3 is 4.74 Å². The zero-order chi connectivity index (χ0) is 16.2. The van der Waals surface area contributed by atoms with Crippen LogP contribution in [0.5, 0.6) is 0 Å². The number of aryl methyl sites for hydroxylation is 1. The van der Waals surface area contributed by atoms with Crippen molar-refractivity contribution in [2.45, 2.75) is 18.7 Å². The van der Waals surface area contributed by atoms with Crippen LogP contribution in [0.4, 0.5) is 10.1 Å². The fraction of sp³-hybridized carbons (Fsp3) is 0.364. The highest BCUT2D eigenvalue weighted by Crippen LogP contribution is 2.24. The molecule has 1 aromatic carbocycles. The standard InChI is InChI=1S/C11H13FN2O6S/c1-3-20-10(15)6-13-21(18,19)8-4-7(2)11(12)9(5-8)14(16)17/h4-5,13H,3,6H2,1-2H3. The van der Waals surface area contributed by atoms with Gasteiger partial charge in [-0.2, -0.15) is 9.11 Å². The van der Waals surface area contributed by atoms with Crippen molar-refractivity contribution >= 4 is 21.7 Å². The molecule has 21 heavy (non-hydrogen) atoms. The number of nitro groups is 1. The maximum Gasteiger partial charge on any atom is 0.321 e. The average molecular weight is 320 g/mol. The minimum absolute atomic E-state index is 0.0850. The van der Waals surface area contributed by atoms with Crippen molar-refractivity contribution in [2.24, 2.45) is 0 Å². The van der Waals surface area contributed by atoms with E-state index in [9.17, 15) is 27.7 Å². The third kappa shape index (κ3) is 4.20. The zero-order valence-electron chi connectivity index (χ0n) is 11.3. The highest BCUT2D eigenvalue weighted by atomic mass is 32.2. The van der Waals surface area contributed by atoms with Crippen molar-refractivity contribution in [3.05, 3.63) is 33.6 Å². The molecule has 0 heterocycles. The molecule has 0 unspecified atom stereocenters. The second kappa shape index (κ2) is 6.59. The summed E-state index contributed by atoms with van der Waals surface area (Å²) in [4.78, 5) is 20.3. The minimum Gasteiger partial charge on any atom is -0.465 e. The molecule has 116 valence electrons. The predicted molar refractivity (Wildman–Crippen MR) is 69.6 cm³/mol. The molecular weight excluding hydrogens is 307 g/mol. The van der Waals surface area contributed by atoms with E-state index >= 15 is 0 Å². The number of hydrogen-bond acceptors (Lipinski definition) is 6. The lowest BCUT2D eigenvalue weighted by Gasteiger charge is -2.08. The molecule has 0 spiro atoms. The van der Waals surface area contributed by atoms with Crippen molar-refractivity contribution in [3.63, 3.8) is 0 Å². The Morgan fingerprint density at radius 2 is 2.10 bits per heavy atom. The number of benzene rings is 1. The molecule has 0 saturated heterocycles. The first-order valence-electron chi connectivity index (χ1n) is 5.79. The fourth-order valence-electron chi connectivity index (χ4n) is 1.46. The molecule has 0 bridgehead atoms. The minimum atomic E-state index is -4.19. The molecule has 0 aromatic heterocycles. The maximum atomic E-state index is 13.5. The summed E-state index contributed by atoms with van der Waals surface area (Å²) in [5.41, 5.74) is -1.15. The molecule has 8 nitrogen and oxygen atoms in total. The van der Waals surface area contributed by atoms with Gasteiger partial charge in [0.15, 0.2) is 0 Å². The van der Waals surface area contributed by atoms with Gasteiger partial charge in [-0.1, -0.05) is 0 Å². The number of halogens is 1. The molecule has 1 N–H and O–H groups in total. The number of rotatable bonds is 6. The van der Waals surface area contributed by atoms with Gasteiger partial charge in [-0.05, 0) is 25.5 Å². The summed E-state index contributed by atoms with van der Waals surface area (Å²) < 4.78 is 43.8. The van der Waals surface area contributed by atoms with Gasteiger partial charge in [0.25, 0.3) is 0 Å². The van der Waals surface area contributed by atoms with Crippen LogP contribution in [0.2, 0.25) is 0 Å². The Balaban J connectivity index is 3.09. The largest absolute Gasteiger partial charge is 0.465 e. The Morgan fingerprint density at radius 1 is 1.48 bits per heavy atom. The van der Waals surface area contributed by atoms with E-state index in [1.807, 2.05) is 4.72 Å². The van der Waals surface area contributed by atoms with Crippen LogP contribution in [0.1, 0.15) is 12.5 Å². The summed E-state index contributed by atoms with van der Waals surface area (Å²) in [6, 6.07) is 1.53. The Labute approximate surface area is 120 Å². The van der Waals surface area contributed by atoms with Crippen molar-refractivity contribution in [1.29, 1.82) is 0 Å². The van der Waals surface area contributed by atoms with Gasteiger partial charge in [0.2, 0.25) is 15.8 Å². The van der Waals surface area contributed by atoms with E-state index in [2.05, 4.69) is 4.74 Å². The first-order chi connectivity index (χ1) is 9.69. The quantitative estimate of drug-likeness (QED) is 0.472. The fourth-order valence-corrected chi connectivity index (χ4v) is 2.53. The number of nitro benzene ring substituents is 1. The lowest BCUT2D eigenvalue weighted by atomic mass is 10.2. The lowest BCUT2D eigenvalue weighted by molar-refractivity contribution is -0.387. The number of sulfonamides is 1. The van der Waals surface area contributed by atoms with Crippen LogP contribution in [0.15, 0.2) is 17.0 Å². The second-order valence-corrected chi connectivity index (χ2v) is 5.73. The smallest absolute Gasteiger partial charge is 0.321 e. The van der Waals surface area contributed by atoms with E-state index in [4.69, 9.17) is 0 Å². The molecule has 0 atom stereocenters. The van der Waals surface area contributed by atoms with Crippen LogP contribution in [0.3, 0.4) is 0 Å². The maximum absolute atomic E-state index is 13.5. The van der Waals surface area contributed by atoms with Crippen molar-refractivity contribution in [3.8, 4) is 0 Å². The molecule has 0 radical (unpaired) electrons. The molecule has 0 aliphatic heterocycles. The molecule has 0 aliphatic carbocycles. The van der Waals surface area contributed by atoms with Crippen LogP contribution in [0.25, 0.3) is 0 Å². The van der Waals surface area contributed by atoms with Crippen LogP contribution < -0.4 is 4.72 Å². The number of nitrogens with one attached hydrogen (secondary N) is 1. The van der Waals surface area contributed by atoms with Gasteiger partial charge in [0.1, 0.15) is 6.54 Å². The summed E-state index contributed by atoms with van der Waals surface area (Å²) in [6.07, 6.45) is 0. The summed E-state index contributed by atoms with van der Waals surface area (Å²) in [5, 5.41) is 10.7. The van der Waals surface area contributed by atoms with Gasteiger partial charge >= 0.3 is 11.7 Å². The summed E-state index contributed by atoms with van der Waals surface area (Å²) >= 11 is 0. The molecule has 0 saturated carbocycles. The number of esters is 1. The van der Waals surface area contributed by atoms with E-state index in [-0.39, 0.29) is 12.2 Å². The molecule has 1 aromatic rings. The highest BCUT2D eigenvalue weighted by Gasteiger charge is 2.24. The van der Waals surface area contributed by atoms with Crippen LogP contribution in [-0.4, -0.2) is 32.5 Å². The average Bonchev–Trinajstić information content (AvgIpc) is 2.39.